The summed E-state index contributed by atoms with van der Waals surface area (Å²) in [5.41, 5.74) is 2.06. The Hall–Kier alpha value is -0.810. The summed E-state index contributed by atoms with van der Waals surface area (Å²) in [4.78, 5) is 0. The summed E-state index contributed by atoms with van der Waals surface area (Å²) in [6.45, 7) is 6.38. The van der Waals surface area contributed by atoms with E-state index in [2.05, 4.69) is 54.9 Å². The SMILES string of the molecule is Cc1ccccc1C(C#N)(CCCBr)C(C)C. The van der Waals surface area contributed by atoms with E-state index in [1.165, 1.54) is 11.1 Å². The molecule has 0 aromatic heterocycles. The Kier molecular flexibility index (Phi) is 5.21. The summed E-state index contributed by atoms with van der Waals surface area (Å²) in [5, 5.41) is 10.6. The van der Waals surface area contributed by atoms with Crippen molar-refractivity contribution in [1.82, 2.24) is 0 Å². The first-order chi connectivity index (χ1) is 8.08. The van der Waals surface area contributed by atoms with E-state index in [1.807, 2.05) is 12.1 Å². The lowest BCUT2D eigenvalue weighted by atomic mass is 9.68. The van der Waals surface area contributed by atoms with Gasteiger partial charge >= 0.3 is 0 Å². The third-order valence-corrected chi connectivity index (χ3v) is 4.08. The van der Waals surface area contributed by atoms with Crippen LogP contribution < -0.4 is 0 Å². The fourth-order valence-corrected chi connectivity index (χ4v) is 2.68. The van der Waals surface area contributed by atoms with Crippen LogP contribution in [-0.4, -0.2) is 5.33 Å². The Balaban J connectivity index is 3.23. The van der Waals surface area contributed by atoms with E-state index in [-0.39, 0.29) is 5.41 Å². The van der Waals surface area contributed by atoms with Crippen LogP contribution in [0, 0.1) is 24.2 Å². The van der Waals surface area contributed by atoms with E-state index in [9.17, 15) is 5.26 Å². The summed E-state index contributed by atoms with van der Waals surface area (Å²) < 4.78 is 0. The van der Waals surface area contributed by atoms with Crippen LogP contribution in [0.25, 0.3) is 0 Å². The van der Waals surface area contributed by atoms with Crippen LogP contribution in [0.1, 0.15) is 37.8 Å². The minimum Gasteiger partial charge on any atom is -0.197 e. The van der Waals surface area contributed by atoms with Crippen LogP contribution in [0.4, 0.5) is 0 Å². The maximum Gasteiger partial charge on any atom is 0.0848 e. The quantitative estimate of drug-likeness (QED) is 0.729. The Labute approximate surface area is 113 Å². The number of aryl methyl sites for hydroxylation is 1. The lowest BCUT2D eigenvalue weighted by Crippen LogP contribution is -2.31. The maximum absolute atomic E-state index is 9.69. The van der Waals surface area contributed by atoms with Crippen molar-refractivity contribution < 1.29 is 0 Å². The van der Waals surface area contributed by atoms with Crippen molar-refractivity contribution in [2.45, 2.75) is 39.0 Å². The third kappa shape index (κ3) is 2.90. The monoisotopic (exact) mass is 293 g/mol. The molecule has 0 bridgehead atoms. The van der Waals surface area contributed by atoms with Gasteiger partial charge in [-0.15, -0.1) is 0 Å². The lowest BCUT2D eigenvalue weighted by Gasteiger charge is -2.32. The van der Waals surface area contributed by atoms with Crippen LogP contribution in [0.2, 0.25) is 0 Å². The van der Waals surface area contributed by atoms with Crippen LogP contribution in [0.15, 0.2) is 24.3 Å². The van der Waals surface area contributed by atoms with E-state index in [0.29, 0.717) is 5.92 Å². The average Bonchev–Trinajstić information content (AvgIpc) is 2.32. The smallest absolute Gasteiger partial charge is 0.0848 e. The summed E-state index contributed by atoms with van der Waals surface area (Å²) in [6, 6.07) is 10.9. The summed E-state index contributed by atoms with van der Waals surface area (Å²) in [6.07, 6.45) is 1.94. The highest BCUT2D eigenvalue weighted by Crippen LogP contribution is 2.38. The van der Waals surface area contributed by atoms with Crippen molar-refractivity contribution in [3.05, 3.63) is 35.4 Å². The number of hydrogen-bond donors (Lipinski definition) is 0. The highest BCUT2D eigenvalue weighted by Gasteiger charge is 2.36. The Morgan fingerprint density at radius 3 is 2.47 bits per heavy atom. The van der Waals surface area contributed by atoms with Gasteiger partial charge < -0.3 is 0 Å². The fourth-order valence-electron chi connectivity index (χ4n) is 2.40. The molecule has 92 valence electrons. The molecule has 0 N–H and O–H groups in total. The molecule has 1 aromatic rings. The van der Waals surface area contributed by atoms with Gasteiger partial charge in [0.15, 0.2) is 0 Å². The molecule has 0 saturated heterocycles. The van der Waals surface area contributed by atoms with Gasteiger partial charge in [0, 0.05) is 5.33 Å². The van der Waals surface area contributed by atoms with E-state index in [0.717, 1.165) is 18.2 Å². The fraction of sp³-hybridized carbons (Fsp3) is 0.533. The second kappa shape index (κ2) is 6.21. The number of rotatable bonds is 5. The molecule has 0 aliphatic carbocycles. The molecule has 0 fully saturated rings. The molecule has 1 nitrogen and oxygen atoms in total. The Morgan fingerprint density at radius 2 is 2.00 bits per heavy atom. The van der Waals surface area contributed by atoms with Crippen molar-refractivity contribution in [2.75, 3.05) is 5.33 Å². The predicted molar refractivity (Wildman–Crippen MR) is 76.3 cm³/mol. The van der Waals surface area contributed by atoms with Gasteiger partial charge in [-0.25, -0.2) is 0 Å². The second-order valence-electron chi connectivity index (χ2n) is 4.85. The van der Waals surface area contributed by atoms with Crippen LogP contribution in [0.5, 0.6) is 0 Å². The topological polar surface area (TPSA) is 23.8 Å². The molecule has 1 aromatic carbocycles. The molecule has 0 aliphatic rings. The minimum atomic E-state index is -0.348. The molecule has 0 aliphatic heterocycles. The zero-order valence-electron chi connectivity index (χ0n) is 10.8. The van der Waals surface area contributed by atoms with Gasteiger partial charge in [-0.05, 0) is 36.8 Å². The first kappa shape index (κ1) is 14.3. The van der Waals surface area contributed by atoms with Crippen molar-refractivity contribution >= 4 is 15.9 Å². The van der Waals surface area contributed by atoms with Crippen LogP contribution in [-0.2, 0) is 5.41 Å². The van der Waals surface area contributed by atoms with Gasteiger partial charge in [-0.2, -0.15) is 5.26 Å². The molecule has 1 rings (SSSR count). The summed E-state index contributed by atoms with van der Waals surface area (Å²) in [7, 11) is 0. The van der Waals surface area contributed by atoms with Gasteiger partial charge in [0.2, 0.25) is 0 Å². The Morgan fingerprint density at radius 1 is 1.35 bits per heavy atom. The average molecular weight is 294 g/mol. The Bertz CT molecular complexity index is 406. The van der Waals surface area contributed by atoms with E-state index < -0.39 is 0 Å². The molecule has 0 saturated carbocycles. The number of halogens is 1. The molecule has 2 heteroatoms. The van der Waals surface area contributed by atoms with Crippen molar-refractivity contribution in [3.8, 4) is 6.07 Å². The maximum atomic E-state index is 9.69. The number of nitriles is 1. The van der Waals surface area contributed by atoms with E-state index in [4.69, 9.17) is 0 Å². The summed E-state index contributed by atoms with van der Waals surface area (Å²) >= 11 is 3.46. The molecule has 0 radical (unpaired) electrons. The normalized spacial score (nSPS) is 14.4. The van der Waals surface area contributed by atoms with E-state index >= 15 is 0 Å². The highest BCUT2D eigenvalue weighted by molar-refractivity contribution is 9.09. The first-order valence-electron chi connectivity index (χ1n) is 6.12. The molecule has 1 unspecified atom stereocenters. The van der Waals surface area contributed by atoms with Gasteiger partial charge in [0.1, 0.15) is 0 Å². The van der Waals surface area contributed by atoms with E-state index in [1.54, 1.807) is 0 Å². The first-order valence-corrected chi connectivity index (χ1v) is 7.24. The molecule has 0 spiro atoms. The van der Waals surface area contributed by atoms with Crippen molar-refractivity contribution in [3.63, 3.8) is 0 Å². The largest absolute Gasteiger partial charge is 0.197 e. The van der Waals surface area contributed by atoms with Gasteiger partial charge in [0.05, 0.1) is 11.5 Å². The molecule has 0 heterocycles. The number of hydrogen-bond acceptors (Lipinski definition) is 1. The zero-order chi connectivity index (χ0) is 12.9. The molecule has 17 heavy (non-hydrogen) atoms. The van der Waals surface area contributed by atoms with Crippen LogP contribution in [0.3, 0.4) is 0 Å². The third-order valence-electron chi connectivity index (χ3n) is 3.52. The number of benzene rings is 1. The van der Waals surface area contributed by atoms with Gasteiger partial charge in [0.25, 0.3) is 0 Å². The number of nitrogens with zero attached hydrogens (tertiary/aromatic N) is 1. The lowest BCUT2D eigenvalue weighted by molar-refractivity contribution is 0.365. The molecule has 0 amide bonds. The zero-order valence-corrected chi connectivity index (χ0v) is 12.4. The van der Waals surface area contributed by atoms with Crippen LogP contribution >= 0.6 is 15.9 Å². The van der Waals surface area contributed by atoms with Crippen molar-refractivity contribution in [1.29, 1.82) is 5.26 Å². The highest BCUT2D eigenvalue weighted by atomic mass is 79.9. The molecule has 1 atom stereocenters. The predicted octanol–water partition coefficient (Wildman–Crippen LogP) is 4.59. The number of alkyl halides is 1. The van der Waals surface area contributed by atoms with Gasteiger partial charge in [-0.1, -0.05) is 54.0 Å². The van der Waals surface area contributed by atoms with Crippen molar-refractivity contribution in [2.24, 2.45) is 5.92 Å². The standard InChI is InChI=1S/C15H20BrN/c1-12(2)15(11-17,9-6-10-16)14-8-5-4-7-13(14)3/h4-5,7-8,12H,6,9-10H2,1-3H3. The second-order valence-corrected chi connectivity index (χ2v) is 5.64. The molecular weight excluding hydrogens is 274 g/mol. The molecular formula is C15H20BrN. The minimum absolute atomic E-state index is 0.327. The summed E-state index contributed by atoms with van der Waals surface area (Å²) in [5.74, 6) is 0.327. The van der Waals surface area contributed by atoms with Gasteiger partial charge in [-0.3, -0.25) is 0 Å².